The van der Waals surface area contributed by atoms with Crippen LogP contribution in [0.15, 0.2) is 67.1 Å². The number of H-pyrrole nitrogens is 1. The number of carbonyl (C=O) groups excluding carboxylic acids is 9. The average Bonchev–Trinajstić information content (AvgIpc) is 4.20. The minimum absolute atomic E-state index is 0.00148. The zero-order chi connectivity index (χ0) is 59.8. The van der Waals surface area contributed by atoms with Gasteiger partial charge in [-0.15, -0.1) is 0 Å². The number of phenols is 1. The van der Waals surface area contributed by atoms with Crippen LogP contribution in [0.25, 0.3) is 0 Å². The Morgan fingerprint density at radius 1 is 0.716 bits per heavy atom. The number of primary amides is 1. The molecule has 9 amide bonds. The Morgan fingerprint density at radius 3 is 1.86 bits per heavy atom. The van der Waals surface area contributed by atoms with E-state index in [2.05, 4.69) is 59.8 Å². The highest BCUT2D eigenvalue weighted by Gasteiger charge is 2.41. The molecule has 4 rings (SSSR count). The normalized spacial score (nSPS) is 16.3. The minimum Gasteiger partial charge on any atom is -0.508 e. The second kappa shape index (κ2) is 32.8. The first kappa shape index (κ1) is 65.4. The summed E-state index contributed by atoms with van der Waals surface area (Å²) in [7, 11) is 0. The molecular weight excluding hydrogens is 1070 g/mol. The first-order valence-electron chi connectivity index (χ1n) is 26.6. The number of aromatic nitrogens is 2. The first-order valence-corrected chi connectivity index (χ1v) is 27.2. The van der Waals surface area contributed by atoms with Gasteiger partial charge in [-0.05, 0) is 74.2 Å². The Hall–Kier alpha value is -8.11. The van der Waals surface area contributed by atoms with Gasteiger partial charge >= 0.3 is 11.9 Å². The van der Waals surface area contributed by atoms with Gasteiger partial charge in [0.25, 0.3) is 0 Å². The number of nitrogens with one attached hydrogen (secondary N) is 8. The summed E-state index contributed by atoms with van der Waals surface area (Å²) in [6.07, 6.45) is 2.31. The molecule has 1 saturated heterocycles. The summed E-state index contributed by atoms with van der Waals surface area (Å²) in [5, 5.41) is 47.2. The second-order valence-electron chi connectivity index (χ2n) is 19.8. The average molecular weight is 1150 g/mol. The van der Waals surface area contributed by atoms with Gasteiger partial charge in [0, 0.05) is 49.9 Å². The largest absolute Gasteiger partial charge is 0.508 e. The maximum Gasteiger partial charge on any atom is 0.326 e. The highest BCUT2D eigenvalue weighted by molar-refractivity contribution is 7.80. The van der Waals surface area contributed by atoms with Crippen LogP contribution in [0.4, 0.5) is 0 Å². The smallest absolute Gasteiger partial charge is 0.326 e. The van der Waals surface area contributed by atoms with Crippen LogP contribution in [-0.4, -0.2) is 169 Å². The van der Waals surface area contributed by atoms with E-state index in [4.69, 9.17) is 17.2 Å². The number of rotatable bonds is 34. The molecule has 1 fully saturated rings. The fourth-order valence-electron chi connectivity index (χ4n) is 8.83. The predicted octanol–water partition coefficient (Wildman–Crippen LogP) is -2.22. The highest BCUT2D eigenvalue weighted by atomic mass is 32.1. The summed E-state index contributed by atoms with van der Waals surface area (Å²) in [4.78, 5) is 156. The van der Waals surface area contributed by atoms with Gasteiger partial charge in [-0.25, -0.2) is 9.78 Å². The number of aromatic hydroxyl groups is 1. The van der Waals surface area contributed by atoms with Gasteiger partial charge in [0.15, 0.2) is 0 Å². The quantitative estimate of drug-likeness (QED) is 0.0223. The number of phenolic OH excluding ortho intramolecular Hbond substituents is 1. The Kier molecular flexibility index (Phi) is 26.5. The number of thiol groups is 1. The molecule has 28 heteroatoms. The number of benzene rings is 2. The van der Waals surface area contributed by atoms with Gasteiger partial charge in [-0.1, -0.05) is 62.7 Å². The van der Waals surface area contributed by atoms with E-state index in [1.807, 2.05) is 0 Å². The maximum absolute atomic E-state index is 14.7. The van der Waals surface area contributed by atoms with Crippen LogP contribution in [0.1, 0.15) is 88.5 Å². The van der Waals surface area contributed by atoms with E-state index in [0.717, 1.165) is 0 Å². The summed E-state index contributed by atoms with van der Waals surface area (Å²) in [5.41, 5.74) is 18.3. The van der Waals surface area contributed by atoms with Crippen molar-refractivity contribution in [3.05, 3.63) is 83.9 Å². The number of imidazole rings is 1. The van der Waals surface area contributed by atoms with Crippen LogP contribution in [0.5, 0.6) is 5.75 Å². The summed E-state index contributed by atoms with van der Waals surface area (Å²) < 4.78 is 0. The molecule has 2 aromatic carbocycles. The summed E-state index contributed by atoms with van der Waals surface area (Å²) in [6.45, 7) is 3.60. The van der Waals surface area contributed by atoms with E-state index in [0.29, 0.717) is 42.5 Å². The lowest BCUT2D eigenvalue weighted by atomic mass is 9.98. The van der Waals surface area contributed by atoms with Crippen LogP contribution in [0.3, 0.4) is 0 Å². The van der Waals surface area contributed by atoms with E-state index >= 15 is 0 Å². The number of aliphatic carboxylic acids is 2. The zero-order valence-corrected chi connectivity index (χ0v) is 46.0. The summed E-state index contributed by atoms with van der Waals surface area (Å²) in [6, 6.07) is 1.82. The highest BCUT2D eigenvalue weighted by Crippen LogP contribution is 2.21. The molecule has 3 aromatic rings. The molecule has 442 valence electrons. The van der Waals surface area contributed by atoms with Crippen molar-refractivity contribution in [2.75, 3.05) is 18.8 Å². The number of nitrogens with two attached hydrogens (primary N) is 3. The summed E-state index contributed by atoms with van der Waals surface area (Å²) >= 11 is 4.35. The van der Waals surface area contributed by atoms with Gasteiger partial charge < -0.3 is 79.6 Å². The molecule has 0 bridgehead atoms. The molecule has 1 aliphatic rings. The topological polar surface area (TPSA) is 443 Å². The van der Waals surface area contributed by atoms with Crippen molar-refractivity contribution >= 4 is 77.7 Å². The molecule has 81 heavy (non-hydrogen) atoms. The Morgan fingerprint density at radius 2 is 1.27 bits per heavy atom. The minimum atomic E-state index is -1.49. The fourth-order valence-corrected chi connectivity index (χ4v) is 9.09. The van der Waals surface area contributed by atoms with Crippen LogP contribution in [0.2, 0.25) is 0 Å². The number of nitrogens with zero attached hydrogens (tertiary/aromatic N) is 2. The molecule has 17 N–H and O–H groups in total. The molecule has 0 unspecified atom stereocenters. The lowest BCUT2D eigenvalue weighted by Gasteiger charge is -2.31. The molecular formula is C53H75N13O14S. The molecule has 1 aromatic heterocycles. The standard InChI is InChI=1S/C53H75N13O14S/c1-3-29(2)44(53(79)80)65-47(73)36(18-19-43(69)70)60-51(77)41-13-9-21-66(41)52(78)39(23-30-10-5-4-6-11-30)63-50(76)40(27-81)64-49(75)38(24-32-26-57-28-58-32)62-46(72)35(12-7-8-20-54)59-48(74)37(22-31-14-16-33(67)17-15-31)61-45(71)34(55)25-42(56)68/h4-6,10-11,14-17,26,28-29,34-41,44,67,81H,3,7-9,12-13,18-25,27,54-55H2,1-2H3,(H2,56,68)(H,57,58)(H,59,74)(H,60,77)(H,61,71)(H,62,72)(H,63,76)(H,64,75)(H,65,73)(H,69,70)(H,79,80)/t29-,34-,35-,36-,37-,38-,39-,40-,41-,44-/m0/s1. The number of carbonyl (C=O) groups is 11. The number of carboxylic acids is 2. The van der Waals surface area contributed by atoms with E-state index in [-0.39, 0.29) is 56.7 Å². The van der Waals surface area contributed by atoms with E-state index < -0.39 is 145 Å². The van der Waals surface area contributed by atoms with Gasteiger partial charge in [-0.3, -0.25) is 47.9 Å². The Bertz CT molecular complexity index is 2630. The number of amides is 9. The van der Waals surface area contributed by atoms with Crippen molar-refractivity contribution in [2.45, 2.75) is 145 Å². The number of likely N-dealkylation sites (tertiary alicyclic amines) is 1. The van der Waals surface area contributed by atoms with Gasteiger partial charge in [0.2, 0.25) is 53.2 Å². The third-order valence-corrected chi connectivity index (χ3v) is 13.9. The van der Waals surface area contributed by atoms with Gasteiger partial charge in [-0.2, -0.15) is 12.6 Å². The lowest BCUT2D eigenvalue weighted by molar-refractivity contribution is -0.145. The number of hydrogen-bond acceptors (Lipinski definition) is 16. The molecule has 0 aliphatic carbocycles. The van der Waals surface area contributed by atoms with Crippen LogP contribution >= 0.6 is 12.6 Å². The van der Waals surface area contributed by atoms with Crippen molar-refractivity contribution in [1.29, 1.82) is 0 Å². The van der Waals surface area contributed by atoms with Crippen molar-refractivity contribution in [2.24, 2.45) is 23.1 Å². The second-order valence-corrected chi connectivity index (χ2v) is 20.1. The van der Waals surface area contributed by atoms with Crippen molar-refractivity contribution < 1.29 is 68.1 Å². The van der Waals surface area contributed by atoms with Crippen LogP contribution in [-0.2, 0) is 72.0 Å². The number of hydrogen-bond donors (Lipinski definition) is 15. The van der Waals surface area contributed by atoms with Crippen LogP contribution in [0, 0.1) is 5.92 Å². The predicted molar refractivity (Wildman–Crippen MR) is 295 cm³/mol. The third-order valence-electron chi connectivity index (χ3n) is 13.6. The third kappa shape index (κ3) is 21.1. The first-order chi connectivity index (χ1) is 38.5. The molecule has 1 aliphatic heterocycles. The summed E-state index contributed by atoms with van der Waals surface area (Å²) in [5.74, 6) is -11.2. The fraction of sp³-hybridized carbons (Fsp3) is 0.509. The van der Waals surface area contributed by atoms with Gasteiger partial charge in [0.1, 0.15) is 54.1 Å². The Balaban J connectivity index is 1.58. The maximum atomic E-state index is 14.7. The molecule has 0 saturated carbocycles. The molecule has 0 spiro atoms. The number of unbranched alkanes of at least 4 members (excludes halogenated alkanes) is 1. The van der Waals surface area contributed by atoms with E-state index in [9.17, 15) is 68.1 Å². The lowest BCUT2D eigenvalue weighted by Crippen LogP contribution is -2.61. The van der Waals surface area contributed by atoms with Gasteiger partial charge in [0.05, 0.1) is 18.8 Å². The van der Waals surface area contributed by atoms with E-state index in [1.54, 1.807) is 44.2 Å². The SMILES string of the molecule is CC[C@H](C)[C@H](NC(=O)[C@H](CCC(=O)O)NC(=O)[C@@H]1CCCN1C(=O)[C@H](Cc1ccccc1)NC(=O)[C@H](CS)NC(=O)[C@H](Cc1cnc[nH]1)NC(=O)[C@H](CCCCN)NC(=O)[C@H](Cc1ccc(O)cc1)NC(=O)[C@@H](N)CC(N)=O)C(=O)O. The number of aromatic amines is 1. The van der Waals surface area contributed by atoms with E-state index in [1.165, 1.54) is 41.7 Å². The number of carboxylic acid groups (broad SMARTS) is 2. The molecule has 27 nitrogen and oxygen atoms in total. The molecule has 0 radical (unpaired) electrons. The van der Waals surface area contributed by atoms with Crippen molar-refractivity contribution in [1.82, 2.24) is 52.1 Å². The van der Waals surface area contributed by atoms with Crippen LogP contribution < -0.4 is 54.4 Å². The Labute approximate surface area is 473 Å². The zero-order valence-electron chi connectivity index (χ0n) is 45.1. The molecule has 2 heterocycles. The van der Waals surface area contributed by atoms with Crippen molar-refractivity contribution in [3.63, 3.8) is 0 Å². The molecule has 10 atom stereocenters. The van der Waals surface area contributed by atoms with Crippen molar-refractivity contribution in [3.8, 4) is 5.75 Å². The monoisotopic (exact) mass is 1150 g/mol.